The van der Waals surface area contributed by atoms with E-state index in [1.54, 1.807) is 0 Å². The maximum Gasteiger partial charge on any atom is 0.133 e. The van der Waals surface area contributed by atoms with Gasteiger partial charge in [0.25, 0.3) is 0 Å². The zero-order chi connectivity index (χ0) is 19.7. The smallest absolute Gasteiger partial charge is 0.133 e. The van der Waals surface area contributed by atoms with Crippen molar-refractivity contribution in [3.63, 3.8) is 0 Å². The van der Waals surface area contributed by atoms with Gasteiger partial charge in [-0.05, 0) is 58.9 Å². The molecule has 2 aromatic carbocycles. The highest BCUT2D eigenvalue weighted by molar-refractivity contribution is 5.73. The third kappa shape index (κ3) is 3.63. The number of benzene rings is 2. The van der Waals surface area contributed by atoms with Crippen molar-refractivity contribution in [2.75, 3.05) is 0 Å². The van der Waals surface area contributed by atoms with Crippen molar-refractivity contribution in [1.82, 2.24) is 0 Å². The normalized spacial score (nSPS) is 28.6. The number of para-hydroxylation sites is 1. The first kappa shape index (κ1) is 19.3. The lowest BCUT2D eigenvalue weighted by Gasteiger charge is -2.50. The molecule has 2 aromatic rings. The van der Waals surface area contributed by atoms with E-state index >= 15 is 0 Å². The third-order valence-electron chi connectivity index (χ3n) is 6.38. The molecule has 2 heterocycles. The molecule has 0 saturated carbocycles. The average molecular weight is 377 g/mol. The third-order valence-corrected chi connectivity index (χ3v) is 6.38. The van der Waals surface area contributed by atoms with Crippen LogP contribution in [0.4, 0.5) is 0 Å². The molecular weight excluding hydrogens is 344 g/mol. The molecule has 2 nitrogen and oxygen atoms in total. The Balaban J connectivity index is 1.78. The highest BCUT2D eigenvalue weighted by Crippen LogP contribution is 2.54. The van der Waals surface area contributed by atoms with Gasteiger partial charge >= 0.3 is 0 Å². The second-order valence-electron chi connectivity index (χ2n) is 8.88. The van der Waals surface area contributed by atoms with Gasteiger partial charge in [0.1, 0.15) is 11.4 Å². The van der Waals surface area contributed by atoms with Crippen molar-refractivity contribution in [2.45, 2.75) is 71.2 Å². The first-order chi connectivity index (χ1) is 13.5. The summed E-state index contributed by atoms with van der Waals surface area (Å²) in [5.41, 5.74) is 4.75. The van der Waals surface area contributed by atoms with Crippen LogP contribution in [0.3, 0.4) is 0 Å². The fourth-order valence-corrected chi connectivity index (χ4v) is 4.82. The maximum absolute atomic E-state index is 6.88. The molecule has 4 atom stereocenters. The van der Waals surface area contributed by atoms with E-state index in [-0.39, 0.29) is 11.7 Å². The minimum absolute atomic E-state index is 0.118. The second-order valence-corrected chi connectivity index (χ2v) is 8.88. The van der Waals surface area contributed by atoms with E-state index in [0.717, 1.165) is 31.4 Å². The molecule has 0 bridgehead atoms. The molecule has 0 amide bonds. The quantitative estimate of drug-likeness (QED) is 0.529. The lowest BCUT2D eigenvalue weighted by atomic mass is 9.72. The van der Waals surface area contributed by atoms with E-state index in [2.05, 4.69) is 82.3 Å². The van der Waals surface area contributed by atoms with Crippen LogP contribution in [0.1, 0.15) is 65.0 Å². The van der Waals surface area contributed by atoms with Gasteiger partial charge in [0.15, 0.2) is 0 Å². The molecule has 2 heteroatoms. The SMILES string of the molecule is CC(C)=CCC[C@]1(C)Oc2c(-c3ccccc3)cccc2[C@@H]2O[C@H](C)CC[C@H]21. The van der Waals surface area contributed by atoms with Gasteiger partial charge in [0.05, 0.1) is 12.2 Å². The summed E-state index contributed by atoms with van der Waals surface area (Å²) in [5.74, 6) is 1.41. The van der Waals surface area contributed by atoms with Gasteiger partial charge in [-0.2, -0.15) is 0 Å². The molecule has 0 radical (unpaired) electrons. The average Bonchev–Trinajstić information content (AvgIpc) is 2.68. The number of ether oxygens (including phenoxy) is 2. The van der Waals surface area contributed by atoms with Crippen LogP contribution in [-0.4, -0.2) is 11.7 Å². The predicted octanol–water partition coefficient (Wildman–Crippen LogP) is 7.11. The number of allylic oxidation sites excluding steroid dienone is 2. The lowest BCUT2D eigenvalue weighted by molar-refractivity contribution is -0.151. The van der Waals surface area contributed by atoms with Crippen LogP contribution in [0, 0.1) is 5.92 Å². The van der Waals surface area contributed by atoms with E-state index in [4.69, 9.17) is 9.47 Å². The van der Waals surface area contributed by atoms with Crippen LogP contribution in [0.15, 0.2) is 60.2 Å². The molecule has 0 aromatic heterocycles. The van der Waals surface area contributed by atoms with E-state index in [1.807, 2.05) is 0 Å². The monoisotopic (exact) mass is 376 g/mol. The van der Waals surface area contributed by atoms with E-state index < -0.39 is 0 Å². The fourth-order valence-electron chi connectivity index (χ4n) is 4.82. The standard InChI is InChI=1S/C26H32O2/c1-18(2)10-9-17-26(4)23-16-15-19(3)27-25(23)22-14-8-13-21(24(22)28-26)20-11-6-5-7-12-20/h5-8,10-14,19,23,25H,9,15-17H2,1-4H3/t19-,23-,25+,26+/m1/s1. The Kier molecular flexibility index (Phi) is 5.33. The Morgan fingerprint density at radius 3 is 2.61 bits per heavy atom. The number of fused-ring (bicyclic) bond motifs is 3. The molecule has 1 saturated heterocycles. The zero-order valence-electron chi connectivity index (χ0n) is 17.6. The molecule has 2 aliphatic heterocycles. The van der Waals surface area contributed by atoms with Gasteiger partial charge in [0, 0.05) is 17.0 Å². The summed E-state index contributed by atoms with van der Waals surface area (Å²) < 4.78 is 13.4. The van der Waals surface area contributed by atoms with Gasteiger partial charge in [-0.25, -0.2) is 0 Å². The number of hydrogen-bond donors (Lipinski definition) is 0. The highest BCUT2D eigenvalue weighted by Gasteiger charge is 2.49. The van der Waals surface area contributed by atoms with Crippen LogP contribution in [-0.2, 0) is 4.74 Å². The van der Waals surface area contributed by atoms with Crippen LogP contribution in [0.5, 0.6) is 5.75 Å². The van der Waals surface area contributed by atoms with E-state index in [9.17, 15) is 0 Å². The molecule has 0 spiro atoms. The minimum atomic E-state index is -0.214. The number of hydrogen-bond acceptors (Lipinski definition) is 2. The molecule has 0 N–H and O–H groups in total. The summed E-state index contributed by atoms with van der Waals surface area (Å²) in [7, 11) is 0. The molecule has 2 aliphatic rings. The van der Waals surface area contributed by atoms with Gasteiger partial charge in [-0.1, -0.05) is 60.2 Å². The first-order valence-corrected chi connectivity index (χ1v) is 10.6. The zero-order valence-corrected chi connectivity index (χ0v) is 17.6. The molecule has 148 valence electrons. The summed E-state index contributed by atoms with van der Waals surface area (Å²) in [6.07, 6.45) is 7.07. The van der Waals surface area contributed by atoms with Gasteiger partial charge in [0.2, 0.25) is 0 Å². The largest absolute Gasteiger partial charge is 0.486 e. The predicted molar refractivity (Wildman–Crippen MR) is 116 cm³/mol. The van der Waals surface area contributed by atoms with Crippen molar-refractivity contribution in [2.24, 2.45) is 5.92 Å². The molecule has 0 unspecified atom stereocenters. The Morgan fingerprint density at radius 2 is 1.86 bits per heavy atom. The number of rotatable bonds is 4. The molecule has 1 fully saturated rings. The van der Waals surface area contributed by atoms with Crippen LogP contribution in [0.25, 0.3) is 11.1 Å². The molecule has 4 rings (SSSR count). The lowest BCUT2D eigenvalue weighted by Crippen LogP contribution is -2.50. The molecule has 0 aliphatic carbocycles. The van der Waals surface area contributed by atoms with Crippen LogP contribution in [0.2, 0.25) is 0 Å². The van der Waals surface area contributed by atoms with Crippen LogP contribution < -0.4 is 4.74 Å². The summed E-state index contributed by atoms with van der Waals surface area (Å²) in [5, 5.41) is 0. The minimum Gasteiger partial charge on any atom is -0.486 e. The summed E-state index contributed by atoms with van der Waals surface area (Å²) in [4.78, 5) is 0. The van der Waals surface area contributed by atoms with Crippen molar-refractivity contribution in [1.29, 1.82) is 0 Å². The Morgan fingerprint density at radius 1 is 1.07 bits per heavy atom. The van der Waals surface area contributed by atoms with Crippen LogP contribution >= 0.6 is 0 Å². The Bertz CT molecular complexity index is 850. The van der Waals surface area contributed by atoms with Gasteiger partial charge in [-0.3, -0.25) is 0 Å². The molecular formula is C26H32O2. The fraction of sp³-hybridized carbons (Fsp3) is 0.462. The van der Waals surface area contributed by atoms with Crippen molar-refractivity contribution >= 4 is 0 Å². The van der Waals surface area contributed by atoms with Crippen molar-refractivity contribution in [3.05, 3.63) is 65.7 Å². The summed E-state index contributed by atoms with van der Waals surface area (Å²) in [6.45, 7) is 8.84. The summed E-state index contributed by atoms with van der Waals surface area (Å²) >= 11 is 0. The van der Waals surface area contributed by atoms with Gasteiger partial charge in [-0.15, -0.1) is 0 Å². The summed E-state index contributed by atoms with van der Waals surface area (Å²) in [6, 6.07) is 17.1. The topological polar surface area (TPSA) is 18.5 Å². The highest BCUT2D eigenvalue weighted by atomic mass is 16.5. The van der Waals surface area contributed by atoms with Crippen molar-refractivity contribution in [3.8, 4) is 16.9 Å². The van der Waals surface area contributed by atoms with Gasteiger partial charge < -0.3 is 9.47 Å². The van der Waals surface area contributed by atoms with E-state index in [0.29, 0.717) is 12.0 Å². The second kappa shape index (κ2) is 7.75. The maximum atomic E-state index is 6.88. The van der Waals surface area contributed by atoms with Crippen molar-refractivity contribution < 1.29 is 9.47 Å². The molecule has 28 heavy (non-hydrogen) atoms. The first-order valence-electron chi connectivity index (χ1n) is 10.6. The Labute approximate surface area is 169 Å². The van der Waals surface area contributed by atoms with E-state index in [1.165, 1.54) is 22.3 Å². The Hall–Kier alpha value is -2.06.